The number of amides is 1. The summed E-state index contributed by atoms with van der Waals surface area (Å²) in [6.07, 6.45) is 9.34. The predicted octanol–water partition coefficient (Wildman–Crippen LogP) is 3.23. The van der Waals surface area contributed by atoms with Gasteiger partial charge >= 0.3 is 0 Å². The quantitative estimate of drug-likeness (QED) is 0.811. The maximum absolute atomic E-state index is 12.2. The van der Waals surface area contributed by atoms with Crippen LogP contribution in [0.4, 0.5) is 0 Å². The summed E-state index contributed by atoms with van der Waals surface area (Å²) in [5, 5.41) is 6.45. The molecule has 1 aromatic rings. The van der Waals surface area contributed by atoms with E-state index in [-0.39, 0.29) is 11.9 Å². The van der Waals surface area contributed by atoms with Crippen molar-refractivity contribution in [3.8, 4) is 0 Å². The Balaban J connectivity index is 1.77. The molecule has 1 saturated carbocycles. The summed E-state index contributed by atoms with van der Waals surface area (Å²) in [4.78, 5) is 12.2. The fourth-order valence-electron chi connectivity index (χ4n) is 3.26. The Morgan fingerprint density at radius 3 is 2.76 bits per heavy atom. The van der Waals surface area contributed by atoms with Gasteiger partial charge in [-0.05, 0) is 44.2 Å². The lowest BCUT2D eigenvalue weighted by Gasteiger charge is -2.32. The van der Waals surface area contributed by atoms with E-state index in [2.05, 4.69) is 17.6 Å². The fourth-order valence-corrected chi connectivity index (χ4v) is 3.26. The van der Waals surface area contributed by atoms with Crippen LogP contribution in [0, 0.1) is 5.92 Å². The van der Waals surface area contributed by atoms with Gasteiger partial charge in [-0.25, -0.2) is 0 Å². The first kappa shape index (κ1) is 16.1. The summed E-state index contributed by atoms with van der Waals surface area (Å²) >= 11 is 0. The molecule has 1 fully saturated rings. The van der Waals surface area contributed by atoms with E-state index in [0.717, 1.165) is 18.1 Å². The van der Waals surface area contributed by atoms with E-state index < -0.39 is 0 Å². The number of hydrogen-bond acceptors (Lipinski definition) is 3. The maximum atomic E-state index is 12.2. The summed E-state index contributed by atoms with van der Waals surface area (Å²) in [6.45, 7) is 4.61. The zero-order valence-electron chi connectivity index (χ0n) is 13.2. The smallest absolute Gasteiger partial charge is 0.237 e. The lowest BCUT2D eigenvalue weighted by Crippen LogP contribution is -2.49. The van der Waals surface area contributed by atoms with Gasteiger partial charge in [-0.2, -0.15) is 0 Å². The van der Waals surface area contributed by atoms with Crippen molar-refractivity contribution in [2.75, 3.05) is 0 Å². The molecule has 0 bridgehead atoms. The number of nitrogens with one attached hydrogen (secondary N) is 2. The standard InChI is InChI=1S/C17H28N2O2/c1-3-16(14-8-5-4-6-9-14)19-13(2)17(20)18-12-15-10-7-11-21-15/h7,10-11,13-14,16,19H,3-6,8-9,12H2,1-2H3,(H,18,20). The Morgan fingerprint density at radius 2 is 2.14 bits per heavy atom. The zero-order valence-corrected chi connectivity index (χ0v) is 13.2. The third-order valence-electron chi connectivity index (χ3n) is 4.53. The van der Waals surface area contributed by atoms with Crippen LogP contribution in [0.1, 0.15) is 58.1 Å². The minimum absolute atomic E-state index is 0.0423. The third-order valence-corrected chi connectivity index (χ3v) is 4.53. The van der Waals surface area contributed by atoms with Gasteiger partial charge in [-0.1, -0.05) is 26.2 Å². The van der Waals surface area contributed by atoms with E-state index in [4.69, 9.17) is 4.42 Å². The molecule has 1 heterocycles. The lowest BCUT2D eigenvalue weighted by atomic mass is 9.82. The molecular weight excluding hydrogens is 264 g/mol. The van der Waals surface area contributed by atoms with Gasteiger partial charge in [-0.3, -0.25) is 4.79 Å². The monoisotopic (exact) mass is 292 g/mol. The van der Waals surface area contributed by atoms with Crippen LogP contribution >= 0.6 is 0 Å². The molecule has 21 heavy (non-hydrogen) atoms. The van der Waals surface area contributed by atoms with Crippen LogP contribution in [-0.2, 0) is 11.3 Å². The second-order valence-electron chi connectivity index (χ2n) is 6.10. The molecule has 4 heteroatoms. The fraction of sp³-hybridized carbons (Fsp3) is 0.706. The van der Waals surface area contributed by atoms with Gasteiger partial charge in [0.15, 0.2) is 0 Å². The van der Waals surface area contributed by atoms with Gasteiger partial charge in [0.1, 0.15) is 5.76 Å². The van der Waals surface area contributed by atoms with Gasteiger partial charge in [-0.15, -0.1) is 0 Å². The highest BCUT2D eigenvalue weighted by Crippen LogP contribution is 2.27. The Labute approximate surface area is 127 Å². The summed E-state index contributed by atoms with van der Waals surface area (Å²) < 4.78 is 5.23. The molecule has 1 aromatic heterocycles. The first-order valence-electron chi connectivity index (χ1n) is 8.26. The van der Waals surface area contributed by atoms with Crippen molar-refractivity contribution >= 4 is 5.91 Å². The molecule has 0 spiro atoms. The van der Waals surface area contributed by atoms with Gasteiger partial charge < -0.3 is 15.1 Å². The predicted molar refractivity (Wildman–Crippen MR) is 83.8 cm³/mol. The van der Waals surface area contributed by atoms with Crippen molar-refractivity contribution in [1.82, 2.24) is 10.6 Å². The molecule has 118 valence electrons. The minimum atomic E-state index is -0.160. The molecule has 2 unspecified atom stereocenters. The number of hydrogen-bond donors (Lipinski definition) is 2. The lowest BCUT2D eigenvalue weighted by molar-refractivity contribution is -0.123. The average Bonchev–Trinajstić information content (AvgIpc) is 3.04. The van der Waals surface area contributed by atoms with Crippen molar-refractivity contribution in [2.24, 2.45) is 5.92 Å². The van der Waals surface area contributed by atoms with E-state index in [9.17, 15) is 4.79 Å². The normalized spacial score (nSPS) is 19.1. The average molecular weight is 292 g/mol. The summed E-state index contributed by atoms with van der Waals surface area (Å²) in [7, 11) is 0. The first-order valence-corrected chi connectivity index (χ1v) is 8.26. The number of rotatable bonds is 7. The van der Waals surface area contributed by atoms with Crippen molar-refractivity contribution in [3.63, 3.8) is 0 Å². The molecular formula is C17H28N2O2. The second kappa shape index (κ2) is 8.23. The van der Waals surface area contributed by atoms with Crippen LogP contribution < -0.4 is 10.6 Å². The molecule has 2 atom stereocenters. The van der Waals surface area contributed by atoms with E-state index >= 15 is 0 Å². The molecule has 1 aliphatic rings. The Hall–Kier alpha value is -1.29. The Kier molecular flexibility index (Phi) is 6.30. The number of carbonyl (C=O) groups excluding carboxylic acids is 1. The van der Waals surface area contributed by atoms with Crippen molar-refractivity contribution in [2.45, 2.75) is 71.0 Å². The minimum Gasteiger partial charge on any atom is -0.467 e. The SMILES string of the molecule is CCC(NC(C)C(=O)NCc1ccco1)C1CCCCC1. The Morgan fingerprint density at radius 1 is 1.38 bits per heavy atom. The summed E-state index contributed by atoms with van der Waals surface area (Å²) in [6, 6.07) is 4.00. The maximum Gasteiger partial charge on any atom is 0.237 e. The molecule has 0 aliphatic heterocycles. The molecule has 2 rings (SSSR count). The summed E-state index contributed by atoms with van der Waals surface area (Å²) in [5.74, 6) is 1.56. The zero-order chi connectivity index (χ0) is 15.1. The highest BCUT2D eigenvalue weighted by molar-refractivity contribution is 5.81. The van der Waals surface area contributed by atoms with Crippen molar-refractivity contribution < 1.29 is 9.21 Å². The molecule has 0 radical (unpaired) electrons. The van der Waals surface area contributed by atoms with Crippen LogP contribution in [0.2, 0.25) is 0 Å². The van der Waals surface area contributed by atoms with E-state index in [1.807, 2.05) is 19.1 Å². The highest BCUT2D eigenvalue weighted by Gasteiger charge is 2.25. The highest BCUT2D eigenvalue weighted by atomic mass is 16.3. The first-order chi connectivity index (χ1) is 10.2. The molecule has 0 saturated heterocycles. The second-order valence-corrected chi connectivity index (χ2v) is 6.10. The third kappa shape index (κ3) is 4.88. The number of furan rings is 1. The summed E-state index contributed by atoms with van der Waals surface area (Å²) in [5.41, 5.74) is 0. The number of carbonyl (C=O) groups is 1. The van der Waals surface area contributed by atoms with Crippen LogP contribution in [0.15, 0.2) is 22.8 Å². The van der Waals surface area contributed by atoms with Crippen molar-refractivity contribution in [3.05, 3.63) is 24.2 Å². The van der Waals surface area contributed by atoms with Gasteiger partial charge in [0.25, 0.3) is 0 Å². The van der Waals surface area contributed by atoms with Crippen LogP contribution in [0.3, 0.4) is 0 Å². The van der Waals surface area contributed by atoms with E-state index in [1.54, 1.807) is 6.26 Å². The molecule has 1 aliphatic carbocycles. The van der Waals surface area contributed by atoms with Crippen molar-refractivity contribution in [1.29, 1.82) is 0 Å². The van der Waals surface area contributed by atoms with Gasteiger partial charge in [0, 0.05) is 6.04 Å². The molecule has 1 amide bonds. The molecule has 2 N–H and O–H groups in total. The van der Waals surface area contributed by atoms with Gasteiger partial charge in [0.05, 0.1) is 18.8 Å². The largest absolute Gasteiger partial charge is 0.467 e. The molecule has 4 nitrogen and oxygen atoms in total. The van der Waals surface area contributed by atoms with Gasteiger partial charge in [0.2, 0.25) is 5.91 Å². The molecule has 0 aromatic carbocycles. The Bertz CT molecular complexity index is 410. The topological polar surface area (TPSA) is 54.3 Å². The van der Waals surface area contributed by atoms with Crippen LogP contribution in [-0.4, -0.2) is 18.0 Å². The van der Waals surface area contributed by atoms with E-state index in [1.165, 1.54) is 32.1 Å². The van der Waals surface area contributed by atoms with Crippen LogP contribution in [0.25, 0.3) is 0 Å². The van der Waals surface area contributed by atoms with E-state index in [0.29, 0.717) is 12.6 Å². The van der Waals surface area contributed by atoms with Crippen LogP contribution in [0.5, 0.6) is 0 Å².